The van der Waals surface area contributed by atoms with E-state index < -0.39 is 18.0 Å². The Morgan fingerprint density at radius 2 is 2.00 bits per heavy atom. The zero-order valence-corrected chi connectivity index (χ0v) is 11.8. The molecule has 0 saturated carbocycles. The van der Waals surface area contributed by atoms with Crippen LogP contribution in [0.4, 0.5) is 4.79 Å². The molecule has 0 aliphatic heterocycles. The Morgan fingerprint density at radius 3 is 2.45 bits per heavy atom. The third-order valence-electron chi connectivity index (χ3n) is 2.91. The Labute approximate surface area is 117 Å². The molecule has 1 aromatic rings. The summed E-state index contributed by atoms with van der Waals surface area (Å²) in [5, 5.41) is 22.6. The smallest absolute Gasteiger partial charge is 0.326 e. The molecule has 7 heteroatoms. The molecule has 112 valence electrons. The highest BCUT2D eigenvalue weighted by molar-refractivity contribution is 5.82. The first-order valence-electron chi connectivity index (χ1n) is 6.32. The molecule has 1 rings (SSSR count). The Hall–Kier alpha value is -2.02. The lowest BCUT2D eigenvalue weighted by atomic mass is 10.1. The van der Waals surface area contributed by atoms with Gasteiger partial charge in [0.05, 0.1) is 6.04 Å². The third-order valence-corrected chi connectivity index (χ3v) is 2.91. The van der Waals surface area contributed by atoms with Crippen molar-refractivity contribution in [1.82, 2.24) is 10.6 Å². The van der Waals surface area contributed by atoms with Gasteiger partial charge in [-0.25, -0.2) is 9.59 Å². The molecule has 0 fully saturated rings. The molecule has 7 nitrogen and oxygen atoms in total. The van der Waals surface area contributed by atoms with Gasteiger partial charge in [0, 0.05) is 18.6 Å². The summed E-state index contributed by atoms with van der Waals surface area (Å²) in [6, 6.07) is -0.199. The van der Waals surface area contributed by atoms with Crippen LogP contribution in [0.1, 0.15) is 36.5 Å². The average molecular weight is 284 g/mol. The summed E-state index contributed by atoms with van der Waals surface area (Å²) in [6.45, 7) is 5.07. The van der Waals surface area contributed by atoms with Gasteiger partial charge in [0.15, 0.2) is 0 Å². The lowest BCUT2D eigenvalue weighted by Gasteiger charge is -2.17. The number of aryl methyl sites for hydroxylation is 2. The minimum atomic E-state index is -1.18. The molecular weight excluding hydrogens is 264 g/mol. The molecule has 0 bridgehead atoms. The first-order chi connectivity index (χ1) is 9.35. The molecule has 0 aliphatic carbocycles. The van der Waals surface area contributed by atoms with Crippen molar-refractivity contribution >= 4 is 12.0 Å². The van der Waals surface area contributed by atoms with Crippen LogP contribution in [0.3, 0.4) is 0 Å². The van der Waals surface area contributed by atoms with Crippen LogP contribution in [0.2, 0.25) is 0 Å². The molecule has 2 unspecified atom stereocenters. The summed E-state index contributed by atoms with van der Waals surface area (Å²) < 4.78 is 5.38. The number of furan rings is 1. The molecule has 1 aromatic heterocycles. The second-order valence-electron chi connectivity index (χ2n) is 4.61. The second kappa shape index (κ2) is 6.95. The molecule has 4 N–H and O–H groups in total. The highest BCUT2D eigenvalue weighted by atomic mass is 16.4. The maximum absolute atomic E-state index is 11.7. The minimum Gasteiger partial charge on any atom is -0.480 e. The zero-order valence-electron chi connectivity index (χ0n) is 11.8. The number of aliphatic carboxylic acids is 1. The van der Waals surface area contributed by atoms with E-state index in [0.717, 1.165) is 11.3 Å². The molecule has 2 atom stereocenters. The number of carboxylic acids is 1. The predicted molar refractivity (Wildman–Crippen MR) is 71.4 cm³/mol. The molecule has 0 aromatic carbocycles. The molecule has 1 heterocycles. The number of aliphatic hydroxyl groups is 1. The molecule has 2 amide bonds. The Kier molecular flexibility index (Phi) is 5.57. The van der Waals surface area contributed by atoms with Crippen molar-refractivity contribution in [3.05, 3.63) is 23.2 Å². The van der Waals surface area contributed by atoms with Crippen molar-refractivity contribution in [3.63, 3.8) is 0 Å². The summed E-state index contributed by atoms with van der Waals surface area (Å²) in [6.07, 6.45) is -0.0407. The van der Waals surface area contributed by atoms with E-state index in [9.17, 15) is 9.59 Å². The number of amides is 2. The normalized spacial score (nSPS) is 13.6. The van der Waals surface area contributed by atoms with Crippen LogP contribution in [-0.4, -0.2) is 34.9 Å². The summed E-state index contributed by atoms with van der Waals surface area (Å²) in [5.74, 6) is 0.271. The average Bonchev–Trinajstić information content (AvgIpc) is 2.67. The lowest BCUT2D eigenvalue weighted by molar-refractivity contribution is -0.139. The summed E-state index contributed by atoms with van der Waals surface area (Å²) in [5.41, 5.74) is 0.840. The monoisotopic (exact) mass is 284 g/mol. The van der Waals surface area contributed by atoms with Crippen LogP contribution < -0.4 is 10.6 Å². The molecule has 0 spiro atoms. The fourth-order valence-corrected chi connectivity index (χ4v) is 1.94. The Morgan fingerprint density at radius 1 is 1.35 bits per heavy atom. The predicted octanol–water partition coefficient (Wildman–Crippen LogP) is 1.09. The second-order valence-corrected chi connectivity index (χ2v) is 4.61. The third kappa shape index (κ3) is 4.27. The van der Waals surface area contributed by atoms with Crippen molar-refractivity contribution in [3.8, 4) is 0 Å². The van der Waals surface area contributed by atoms with Crippen molar-refractivity contribution in [1.29, 1.82) is 0 Å². The number of carboxylic acid groups (broad SMARTS) is 1. The number of carbonyl (C=O) groups is 2. The lowest BCUT2D eigenvalue weighted by Crippen LogP contribution is -2.47. The maximum atomic E-state index is 11.7. The van der Waals surface area contributed by atoms with Crippen LogP contribution in [0.15, 0.2) is 10.5 Å². The van der Waals surface area contributed by atoms with Crippen LogP contribution in [0, 0.1) is 13.8 Å². The van der Waals surface area contributed by atoms with Gasteiger partial charge in [-0.05, 0) is 26.8 Å². The van der Waals surface area contributed by atoms with E-state index in [1.165, 1.54) is 0 Å². The number of nitrogens with one attached hydrogen (secondary N) is 2. The van der Waals surface area contributed by atoms with Gasteiger partial charge in [-0.1, -0.05) is 0 Å². The number of carbonyl (C=O) groups excluding carboxylic acids is 1. The van der Waals surface area contributed by atoms with Gasteiger partial charge in [0.1, 0.15) is 17.6 Å². The van der Waals surface area contributed by atoms with Crippen molar-refractivity contribution in [2.45, 2.75) is 39.3 Å². The van der Waals surface area contributed by atoms with Crippen molar-refractivity contribution in [2.24, 2.45) is 0 Å². The summed E-state index contributed by atoms with van der Waals surface area (Å²) in [7, 11) is 0. The highest BCUT2D eigenvalue weighted by Gasteiger charge is 2.21. The van der Waals surface area contributed by atoms with E-state index in [4.69, 9.17) is 14.6 Å². The van der Waals surface area contributed by atoms with Gasteiger partial charge >= 0.3 is 12.0 Å². The first-order valence-corrected chi connectivity index (χ1v) is 6.32. The molecule has 0 radical (unpaired) electrons. The van der Waals surface area contributed by atoms with Crippen LogP contribution >= 0.6 is 0 Å². The van der Waals surface area contributed by atoms with E-state index in [0.29, 0.717) is 5.76 Å². The number of hydrogen-bond donors (Lipinski definition) is 4. The molecular formula is C13H20N2O5. The van der Waals surface area contributed by atoms with Gasteiger partial charge < -0.3 is 25.3 Å². The fourth-order valence-electron chi connectivity index (χ4n) is 1.94. The van der Waals surface area contributed by atoms with Gasteiger partial charge in [-0.15, -0.1) is 0 Å². The largest absolute Gasteiger partial charge is 0.480 e. The topological polar surface area (TPSA) is 112 Å². The SMILES string of the molecule is Cc1cc(C(C)NC(=O)NC(CCO)C(=O)O)c(C)o1. The molecule has 20 heavy (non-hydrogen) atoms. The first kappa shape index (κ1) is 16.0. The zero-order chi connectivity index (χ0) is 15.3. The van der Waals surface area contributed by atoms with Crippen molar-refractivity contribution in [2.75, 3.05) is 6.61 Å². The fraction of sp³-hybridized carbons (Fsp3) is 0.538. The summed E-state index contributed by atoms with van der Waals surface area (Å²) in [4.78, 5) is 22.6. The van der Waals surface area contributed by atoms with Gasteiger partial charge in [0.25, 0.3) is 0 Å². The molecule has 0 saturated heterocycles. The van der Waals surface area contributed by atoms with Gasteiger partial charge in [-0.2, -0.15) is 0 Å². The van der Waals surface area contributed by atoms with Crippen molar-refractivity contribution < 1.29 is 24.2 Å². The van der Waals surface area contributed by atoms with E-state index in [-0.39, 0.29) is 19.1 Å². The number of rotatable bonds is 6. The van der Waals surface area contributed by atoms with E-state index >= 15 is 0 Å². The quantitative estimate of drug-likeness (QED) is 0.625. The number of urea groups is 1. The summed E-state index contributed by atoms with van der Waals surface area (Å²) >= 11 is 0. The number of hydrogen-bond acceptors (Lipinski definition) is 4. The van der Waals surface area contributed by atoms with E-state index in [2.05, 4.69) is 10.6 Å². The standard InChI is InChI=1S/C13H20N2O5/c1-7-6-10(9(3)20-7)8(2)14-13(19)15-11(4-5-16)12(17)18/h6,8,11,16H,4-5H2,1-3H3,(H,17,18)(H2,14,15,19). The van der Waals surface area contributed by atoms with Crippen LogP contribution in [-0.2, 0) is 4.79 Å². The molecule has 0 aliphatic rings. The van der Waals surface area contributed by atoms with Crippen LogP contribution in [0.5, 0.6) is 0 Å². The Balaban J connectivity index is 2.61. The maximum Gasteiger partial charge on any atom is 0.326 e. The van der Waals surface area contributed by atoms with E-state index in [1.54, 1.807) is 13.8 Å². The van der Waals surface area contributed by atoms with Crippen LogP contribution in [0.25, 0.3) is 0 Å². The van der Waals surface area contributed by atoms with Gasteiger partial charge in [-0.3, -0.25) is 0 Å². The highest BCUT2D eigenvalue weighted by Crippen LogP contribution is 2.20. The van der Waals surface area contributed by atoms with Gasteiger partial charge in [0.2, 0.25) is 0 Å². The number of aliphatic hydroxyl groups excluding tert-OH is 1. The Bertz CT molecular complexity index is 483. The minimum absolute atomic E-state index is 0.0407. The van der Waals surface area contributed by atoms with E-state index in [1.807, 2.05) is 13.0 Å².